The fourth-order valence-corrected chi connectivity index (χ4v) is 1.84. The highest BCUT2D eigenvalue weighted by atomic mass is 16.5. The topological polar surface area (TPSA) is 55.8 Å². The Morgan fingerprint density at radius 3 is 2.92 bits per heavy atom. The monoisotopic (exact) mass is 188 g/mol. The van der Waals surface area contributed by atoms with Gasteiger partial charge in [-0.1, -0.05) is 0 Å². The molecule has 1 aliphatic heterocycles. The number of methoxy groups -OCH3 is 1. The number of hydrogen-bond acceptors (Lipinski definition) is 3. The fourth-order valence-electron chi connectivity index (χ4n) is 1.84. The molecule has 13 heavy (non-hydrogen) atoms. The van der Waals surface area contributed by atoms with Crippen LogP contribution >= 0.6 is 0 Å². The normalized spacial score (nSPS) is 28.7. The van der Waals surface area contributed by atoms with Gasteiger partial charge in [-0.15, -0.1) is 0 Å². The van der Waals surface area contributed by atoms with Gasteiger partial charge in [-0.05, 0) is 12.8 Å². The Hall–Kier alpha value is -0.610. The molecule has 1 saturated heterocycles. The van der Waals surface area contributed by atoms with Gasteiger partial charge in [0, 0.05) is 19.1 Å². The summed E-state index contributed by atoms with van der Waals surface area (Å²) in [5.41, 5.74) is -0.293. The van der Waals surface area contributed by atoms with E-state index >= 15 is 0 Å². The number of aliphatic carboxylic acids is 1. The van der Waals surface area contributed by atoms with E-state index in [1.54, 1.807) is 7.11 Å². The van der Waals surface area contributed by atoms with Crippen LogP contribution < -0.4 is 0 Å². The molecule has 0 aromatic carbocycles. The van der Waals surface area contributed by atoms with E-state index in [9.17, 15) is 4.79 Å². The molecule has 1 unspecified atom stereocenters. The molecule has 1 heterocycles. The smallest absolute Gasteiger partial charge is 0.304 e. The minimum atomic E-state index is -0.775. The lowest BCUT2D eigenvalue weighted by atomic mass is 9.80. The number of ether oxygens (including phenoxy) is 2. The minimum absolute atomic E-state index is 0.140. The second kappa shape index (κ2) is 4.58. The van der Waals surface area contributed by atoms with Crippen molar-refractivity contribution in [2.75, 3.05) is 26.9 Å². The molecule has 0 aromatic rings. The van der Waals surface area contributed by atoms with Crippen LogP contribution in [0.3, 0.4) is 0 Å². The van der Waals surface area contributed by atoms with Crippen molar-refractivity contribution in [3.63, 3.8) is 0 Å². The molecular formula is C9H16O4. The first kappa shape index (κ1) is 10.5. The zero-order chi connectivity index (χ0) is 9.73. The first-order valence-electron chi connectivity index (χ1n) is 4.47. The van der Waals surface area contributed by atoms with Gasteiger partial charge >= 0.3 is 5.97 Å². The van der Waals surface area contributed by atoms with Crippen LogP contribution in [0.25, 0.3) is 0 Å². The van der Waals surface area contributed by atoms with Gasteiger partial charge in [0.05, 0.1) is 19.6 Å². The standard InChI is InChI=1S/C9H16O4/c1-12-6-9(5-8(10)11)3-2-4-13-7-9/h2-7H2,1H3,(H,10,11). The van der Waals surface area contributed by atoms with E-state index < -0.39 is 5.97 Å². The van der Waals surface area contributed by atoms with Gasteiger partial charge in [0.2, 0.25) is 0 Å². The summed E-state index contributed by atoms with van der Waals surface area (Å²) in [5.74, 6) is -0.775. The average molecular weight is 188 g/mol. The molecule has 4 nitrogen and oxygen atoms in total. The highest BCUT2D eigenvalue weighted by Crippen LogP contribution is 2.32. The molecule has 0 aromatic heterocycles. The van der Waals surface area contributed by atoms with Crippen LogP contribution in [-0.4, -0.2) is 38.0 Å². The molecule has 1 fully saturated rings. The molecule has 0 bridgehead atoms. The molecule has 0 radical (unpaired) electrons. The van der Waals surface area contributed by atoms with Gasteiger partial charge in [-0.25, -0.2) is 0 Å². The Balaban J connectivity index is 2.55. The third-order valence-electron chi connectivity index (χ3n) is 2.38. The molecule has 76 valence electrons. The molecule has 1 aliphatic rings. The summed E-state index contributed by atoms with van der Waals surface area (Å²) in [7, 11) is 1.60. The molecule has 0 aliphatic carbocycles. The van der Waals surface area contributed by atoms with Gasteiger partial charge in [-0.3, -0.25) is 4.79 Å². The Labute approximate surface area is 77.8 Å². The summed E-state index contributed by atoms with van der Waals surface area (Å²) in [6.45, 7) is 1.72. The summed E-state index contributed by atoms with van der Waals surface area (Å²) in [4.78, 5) is 10.6. The van der Waals surface area contributed by atoms with Crippen molar-refractivity contribution >= 4 is 5.97 Å². The Kier molecular flexibility index (Phi) is 3.69. The van der Waals surface area contributed by atoms with E-state index in [4.69, 9.17) is 14.6 Å². The van der Waals surface area contributed by atoms with Crippen LogP contribution in [-0.2, 0) is 14.3 Å². The number of carboxylic acid groups (broad SMARTS) is 1. The van der Waals surface area contributed by atoms with Crippen molar-refractivity contribution in [1.29, 1.82) is 0 Å². The van der Waals surface area contributed by atoms with Gasteiger partial charge in [-0.2, -0.15) is 0 Å². The number of rotatable bonds is 4. The van der Waals surface area contributed by atoms with Crippen LogP contribution in [0.4, 0.5) is 0 Å². The summed E-state index contributed by atoms with van der Waals surface area (Å²) in [6, 6.07) is 0. The molecule has 0 amide bonds. The van der Waals surface area contributed by atoms with Crippen molar-refractivity contribution in [1.82, 2.24) is 0 Å². The molecule has 1 N–H and O–H groups in total. The van der Waals surface area contributed by atoms with E-state index in [1.165, 1.54) is 0 Å². The number of hydrogen-bond donors (Lipinski definition) is 1. The third-order valence-corrected chi connectivity index (χ3v) is 2.38. The van der Waals surface area contributed by atoms with Crippen LogP contribution in [0.1, 0.15) is 19.3 Å². The predicted molar refractivity (Wildman–Crippen MR) is 46.6 cm³/mol. The van der Waals surface area contributed by atoms with Gasteiger partial charge < -0.3 is 14.6 Å². The van der Waals surface area contributed by atoms with Crippen molar-refractivity contribution < 1.29 is 19.4 Å². The van der Waals surface area contributed by atoms with Crippen LogP contribution in [0, 0.1) is 5.41 Å². The maximum absolute atomic E-state index is 10.6. The largest absolute Gasteiger partial charge is 0.481 e. The van der Waals surface area contributed by atoms with Crippen LogP contribution in [0.5, 0.6) is 0 Å². The lowest BCUT2D eigenvalue weighted by Gasteiger charge is -2.34. The molecule has 0 spiro atoms. The van der Waals surface area contributed by atoms with Gasteiger partial charge in [0.25, 0.3) is 0 Å². The summed E-state index contributed by atoms with van der Waals surface area (Å²) in [5, 5.41) is 8.75. The fraction of sp³-hybridized carbons (Fsp3) is 0.889. The lowest BCUT2D eigenvalue weighted by Crippen LogP contribution is -2.38. The van der Waals surface area contributed by atoms with Crippen molar-refractivity contribution in [3.8, 4) is 0 Å². The van der Waals surface area contributed by atoms with Crippen molar-refractivity contribution in [2.24, 2.45) is 5.41 Å². The first-order chi connectivity index (χ1) is 6.18. The van der Waals surface area contributed by atoms with Crippen molar-refractivity contribution in [3.05, 3.63) is 0 Å². The predicted octanol–water partition coefficient (Wildman–Crippen LogP) is 0.904. The SMILES string of the molecule is COCC1(CC(=O)O)CCCOC1. The van der Waals surface area contributed by atoms with E-state index in [0.717, 1.165) is 19.4 Å². The summed E-state index contributed by atoms with van der Waals surface area (Å²) >= 11 is 0. The molecule has 4 heteroatoms. The summed E-state index contributed by atoms with van der Waals surface area (Å²) < 4.78 is 10.3. The number of carbonyl (C=O) groups is 1. The molecule has 1 rings (SSSR count). The van der Waals surface area contributed by atoms with E-state index in [1.807, 2.05) is 0 Å². The maximum Gasteiger partial charge on any atom is 0.304 e. The highest BCUT2D eigenvalue weighted by Gasteiger charge is 2.35. The Morgan fingerprint density at radius 1 is 1.69 bits per heavy atom. The third kappa shape index (κ3) is 2.97. The number of carboxylic acids is 1. The lowest BCUT2D eigenvalue weighted by molar-refractivity contribution is -0.144. The highest BCUT2D eigenvalue weighted by molar-refractivity contribution is 5.67. The zero-order valence-electron chi connectivity index (χ0n) is 7.91. The molecule has 1 atom stereocenters. The van der Waals surface area contributed by atoms with Gasteiger partial charge in [0.1, 0.15) is 0 Å². The minimum Gasteiger partial charge on any atom is -0.481 e. The average Bonchev–Trinajstić information content (AvgIpc) is 2.04. The van der Waals surface area contributed by atoms with Crippen LogP contribution in [0.15, 0.2) is 0 Å². The Morgan fingerprint density at radius 2 is 2.46 bits per heavy atom. The van der Waals surface area contributed by atoms with Gasteiger partial charge in [0.15, 0.2) is 0 Å². The van der Waals surface area contributed by atoms with E-state index in [0.29, 0.717) is 13.2 Å². The zero-order valence-corrected chi connectivity index (χ0v) is 7.91. The van der Waals surface area contributed by atoms with E-state index in [2.05, 4.69) is 0 Å². The summed E-state index contributed by atoms with van der Waals surface area (Å²) in [6.07, 6.45) is 1.95. The second-order valence-corrected chi connectivity index (χ2v) is 3.66. The van der Waals surface area contributed by atoms with Crippen molar-refractivity contribution in [2.45, 2.75) is 19.3 Å². The Bertz CT molecular complexity index is 167. The van der Waals surface area contributed by atoms with Crippen LogP contribution in [0.2, 0.25) is 0 Å². The second-order valence-electron chi connectivity index (χ2n) is 3.66. The maximum atomic E-state index is 10.6. The first-order valence-corrected chi connectivity index (χ1v) is 4.47. The quantitative estimate of drug-likeness (QED) is 0.712. The molecule has 0 saturated carbocycles. The van der Waals surface area contributed by atoms with E-state index in [-0.39, 0.29) is 11.8 Å². The molecular weight excluding hydrogens is 172 g/mol.